The molecule has 1 unspecified atom stereocenters. The summed E-state index contributed by atoms with van der Waals surface area (Å²) in [5.74, 6) is 2.67. The van der Waals surface area contributed by atoms with Crippen molar-refractivity contribution in [3.05, 3.63) is 0 Å². The third kappa shape index (κ3) is 8.66. The maximum Gasteiger partial charge on any atom is 0.190 e. The van der Waals surface area contributed by atoms with Crippen LogP contribution < -0.4 is 10.6 Å². The lowest BCUT2D eigenvalue weighted by atomic mass is 10.1. The number of nitrogens with one attached hydrogen (secondary N) is 2. The lowest BCUT2D eigenvalue weighted by molar-refractivity contribution is 0.0888. The van der Waals surface area contributed by atoms with Crippen molar-refractivity contribution in [2.45, 2.75) is 19.3 Å². The van der Waals surface area contributed by atoms with E-state index in [4.69, 9.17) is 9.47 Å². The number of nitrogens with zero attached hydrogens (tertiary/aromatic N) is 1. The van der Waals surface area contributed by atoms with Crippen LogP contribution in [0, 0.1) is 5.92 Å². The Hall–Kier alpha value is -0.460. The fraction of sp³-hybridized carbons (Fsp3) is 0.929. The van der Waals surface area contributed by atoms with Crippen LogP contribution in [0.2, 0.25) is 0 Å². The highest BCUT2D eigenvalue weighted by Crippen LogP contribution is 2.12. The Balaban J connectivity index is 1.90. The minimum atomic E-state index is 0.605. The molecule has 1 aliphatic heterocycles. The van der Waals surface area contributed by atoms with Gasteiger partial charge in [-0.05, 0) is 31.3 Å². The standard InChI is InChI=1S/C14H29N3O2S/c1-15-14(17-7-4-10-20-2)16-6-3-8-18-11-13-5-9-19-12-13/h13H,3-12H2,1-2H3,(H2,15,16,17). The zero-order chi connectivity index (χ0) is 14.5. The number of rotatable bonds is 10. The second-order valence-corrected chi connectivity index (χ2v) is 5.92. The molecular formula is C14H29N3O2S. The molecule has 1 aliphatic rings. The lowest BCUT2D eigenvalue weighted by Crippen LogP contribution is -2.38. The predicted octanol–water partition coefficient (Wildman–Crippen LogP) is 1.35. The Morgan fingerprint density at radius 1 is 1.35 bits per heavy atom. The van der Waals surface area contributed by atoms with E-state index in [2.05, 4.69) is 21.9 Å². The molecule has 0 bridgehead atoms. The summed E-state index contributed by atoms with van der Waals surface area (Å²) in [7, 11) is 1.81. The highest BCUT2D eigenvalue weighted by Gasteiger charge is 2.15. The van der Waals surface area contributed by atoms with Crippen molar-refractivity contribution in [3.63, 3.8) is 0 Å². The molecule has 0 aliphatic carbocycles. The quantitative estimate of drug-likeness (QED) is 0.362. The maximum atomic E-state index is 5.66. The molecular weight excluding hydrogens is 274 g/mol. The van der Waals surface area contributed by atoms with Crippen LogP contribution >= 0.6 is 11.8 Å². The van der Waals surface area contributed by atoms with E-state index in [-0.39, 0.29) is 0 Å². The first-order chi connectivity index (χ1) is 9.86. The zero-order valence-corrected chi connectivity index (χ0v) is 13.6. The zero-order valence-electron chi connectivity index (χ0n) is 12.8. The highest BCUT2D eigenvalue weighted by atomic mass is 32.2. The van der Waals surface area contributed by atoms with Crippen molar-refractivity contribution in [3.8, 4) is 0 Å². The molecule has 0 aromatic carbocycles. The SMILES string of the molecule is CN=C(NCCCOCC1CCOC1)NCCCSC. The smallest absolute Gasteiger partial charge is 0.190 e. The fourth-order valence-electron chi connectivity index (χ4n) is 1.99. The molecule has 1 saturated heterocycles. The van der Waals surface area contributed by atoms with Crippen LogP contribution in [0.15, 0.2) is 4.99 Å². The molecule has 0 saturated carbocycles. The van der Waals surface area contributed by atoms with Crippen LogP contribution in [0.3, 0.4) is 0 Å². The van der Waals surface area contributed by atoms with E-state index in [0.29, 0.717) is 5.92 Å². The molecule has 1 heterocycles. The number of ether oxygens (including phenoxy) is 2. The van der Waals surface area contributed by atoms with Gasteiger partial charge in [0.25, 0.3) is 0 Å². The van der Waals surface area contributed by atoms with Gasteiger partial charge in [-0.25, -0.2) is 0 Å². The number of hydrogen-bond donors (Lipinski definition) is 2. The summed E-state index contributed by atoms with van der Waals surface area (Å²) in [4.78, 5) is 4.20. The Bertz CT molecular complexity index is 259. The van der Waals surface area contributed by atoms with Crippen molar-refractivity contribution >= 4 is 17.7 Å². The van der Waals surface area contributed by atoms with Gasteiger partial charge in [0.1, 0.15) is 0 Å². The van der Waals surface area contributed by atoms with E-state index in [1.54, 1.807) is 7.05 Å². The molecule has 0 aromatic heterocycles. The van der Waals surface area contributed by atoms with Crippen LogP contribution in [-0.2, 0) is 9.47 Å². The molecule has 5 nitrogen and oxygen atoms in total. The summed E-state index contributed by atoms with van der Waals surface area (Å²) in [5.41, 5.74) is 0. The summed E-state index contributed by atoms with van der Waals surface area (Å²) in [5, 5.41) is 6.61. The number of hydrogen-bond acceptors (Lipinski definition) is 4. The Kier molecular flexibility index (Phi) is 10.8. The second kappa shape index (κ2) is 12.3. The van der Waals surface area contributed by atoms with E-state index < -0.39 is 0 Å². The molecule has 118 valence electrons. The maximum absolute atomic E-state index is 5.66. The first-order valence-corrected chi connectivity index (χ1v) is 8.85. The first-order valence-electron chi connectivity index (χ1n) is 7.45. The van der Waals surface area contributed by atoms with Gasteiger partial charge in [0.2, 0.25) is 0 Å². The van der Waals surface area contributed by atoms with Crippen LogP contribution in [0.4, 0.5) is 0 Å². The fourth-order valence-corrected chi connectivity index (χ4v) is 2.42. The van der Waals surface area contributed by atoms with Gasteiger partial charge in [0.05, 0.1) is 13.2 Å². The molecule has 6 heteroatoms. The molecule has 1 atom stereocenters. The van der Waals surface area contributed by atoms with Gasteiger partial charge in [-0.15, -0.1) is 0 Å². The first kappa shape index (κ1) is 17.6. The monoisotopic (exact) mass is 303 g/mol. The molecule has 0 spiro atoms. The van der Waals surface area contributed by atoms with Crippen LogP contribution in [-0.4, -0.2) is 64.5 Å². The van der Waals surface area contributed by atoms with E-state index in [0.717, 1.165) is 64.7 Å². The second-order valence-electron chi connectivity index (χ2n) is 4.93. The summed E-state index contributed by atoms with van der Waals surface area (Å²) in [6.45, 7) is 5.26. The summed E-state index contributed by atoms with van der Waals surface area (Å²) < 4.78 is 11.0. The van der Waals surface area contributed by atoms with Gasteiger partial charge < -0.3 is 20.1 Å². The lowest BCUT2D eigenvalue weighted by Gasteiger charge is -2.12. The number of guanidine groups is 1. The van der Waals surface area contributed by atoms with E-state index in [1.165, 1.54) is 5.75 Å². The molecule has 0 aromatic rings. The minimum Gasteiger partial charge on any atom is -0.381 e. The average molecular weight is 303 g/mol. The van der Waals surface area contributed by atoms with Crippen LogP contribution in [0.1, 0.15) is 19.3 Å². The molecule has 20 heavy (non-hydrogen) atoms. The van der Waals surface area contributed by atoms with Crippen molar-refractivity contribution in [1.29, 1.82) is 0 Å². The molecule has 0 amide bonds. The number of aliphatic imine (C=N–C) groups is 1. The molecule has 2 N–H and O–H groups in total. The van der Waals surface area contributed by atoms with Gasteiger partial charge in [-0.2, -0.15) is 11.8 Å². The predicted molar refractivity (Wildman–Crippen MR) is 86.7 cm³/mol. The van der Waals surface area contributed by atoms with E-state index in [9.17, 15) is 0 Å². The topological polar surface area (TPSA) is 54.9 Å². The van der Waals surface area contributed by atoms with Crippen LogP contribution in [0.5, 0.6) is 0 Å². The summed E-state index contributed by atoms with van der Waals surface area (Å²) >= 11 is 1.87. The third-order valence-electron chi connectivity index (χ3n) is 3.18. The van der Waals surface area contributed by atoms with Gasteiger partial charge in [-0.3, -0.25) is 4.99 Å². The molecule has 1 fully saturated rings. The Labute approximate surface area is 127 Å². The van der Waals surface area contributed by atoms with Crippen molar-refractivity contribution in [2.75, 3.05) is 58.6 Å². The minimum absolute atomic E-state index is 0.605. The van der Waals surface area contributed by atoms with Crippen molar-refractivity contribution in [1.82, 2.24) is 10.6 Å². The van der Waals surface area contributed by atoms with E-state index in [1.807, 2.05) is 11.8 Å². The molecule has 1 rings (SSSR count). The van der Waals surface area contributed by atoms with Gasteiger partial charge in [0.15, 0.2) is 5.96 Å². The summed E-state index contributed by atoms with van der Waals surface area (Å²) in [6, 6.07) is 0. The molecule has 0 radical (unpaired) electrons. The largest absolute Gasteiger partial charge is 0.381 e. The Morgan fingerprint density at radius 2 is 2.15 bits per heavy atom. The van der Waals surface area contributed by atoms with Gasteiger partial charge in [-0.1, -0.05) is 0 Å². The van der Waals surface area contributed by atoms with E-state index >= 15 is 0 Å². The van der Waals surface area contributed by atoms with Gasteiger partial charge >= 0.3 is 0 Å². The number of thioether (sulfide) groups is 1. The average Bonchev–Trinajstić information content (AvgIpc) is 2.98. The summed E-state index contributed by atoms with van der Waals surface area (Å²) in [6.07, 6.45) is 5.43. The van der Waals surface area contributed by atoms with Crippen molar-refractivity contribution in [2.24, 2.45) is 10.9 Å². The van der Waals surface area contributed by atoms with Crippen LogP contribution in [0.25, 0.3) is 0 Å². The third-order valence-corrected chi connectivity index (χ3v) is 3.87. The highest BCUT2D eigenvalue weighted by molar-refractivity contribution is 7.98. The van der Waals surface area contributed by atoms with Crippen molar-refractivity contribution < 1.29 is 9.47 Å². The van der Waals surface area contributed by atoms with Gasteiger partial charge in [0, 0.05) is 39.3 Å². The normalized spacial score (nSPS) is 19.3. The Morgan fingerprint density at radius 3 is 2.80 bits per heavy atom.